The van der Waals surface area contributed by atoms with E-state index in [1.807, 2.05) is 0 Å². The van der Waals surface area contributed by atoms with Crippen LogP contribution in [0.5, 0.6) is 0 Å². The number of nitrogens with one attached hydrogen (secondary N) is 2. The van der Waals surface area contributed by atoms with Gasteiger partial charge in [-0.05, 0) is 38.8 Å². The van der Waals surface area contributed by atoms with Gasteiger partial charge in [0.2, 0.25) is 10.0 Å². The molecule has 7 heteroatoms. The Morgan fingerprint density at radius 3 is 2.45 bits per heavy atom. The SMILES string of the molecule is COC(=O)C1CCCCC1S(=O)(=O)NC1CCNCC1. The summed E-state index contributed by atoms with van der Waals surface area (Å²) in [5, 5.41) is 2.57. The van der Waals surface area contributed by atoms with Crippen LogP contribution in [0.4, 0.5) is 0 Å². The highest BCUT2D eigenvalue weighted by atomic mass is 32.2. The van der Waals surface area contributed by atoms with Crippen molar-refractivity contribution in [1.82, 2.24) is 10.0 Å². The maximum Gasteiger partial charge on any atom is 0.310 e. The number of carbonyl (C=O) groups is 1. The second-order valence-corrected chi connectivity index (χ2v) is 7.57. The normalized spacial score (nSPS) is 29.1. The third-order valence-electron chi connectivity index (χ3n) is 4.28. The molecule has 1 aliphatic heterocycles. The van der Waals surface area contributed by atoms with Crippen molar-refractivity contribution in [3.05, 3.63) is 0 Å². The summed E-state index contributed by atoms with van der Waals surface area (Å²) in [6.07, 6.45) is 4.48. The average molecular weight is 304 g/mol. The van der Waals surface area contributed by atoms with Crippen molar-refractivity contribution in [3.63, 3.8) is 0 Å². The third kappa shape index (κ3) is 3.71. The maximum atomic E-state index is 12.5. The quantitative estimate of drug-likeness (QED) is 0.734. The zero-order valence-electron chi connectivity index (χ0n) is 11.9. The molecule has 0 radical (unpaired) electrons. The molecule has 1 saturated heterocycles. The zero-order chi connectivity index (χ0) is 14.6. The molecule has 6 nitrogen and oxygen atoms in total. The molecule has 0 amide bonds. The Morgan fingerprint density at radius 1 is 1.15 bits per heavy atom. The Kier molecular flexibility index (Phi) is 5.40. The number of hydrogen-bond donors (Lipinski definition) is 2. The first-order valence-electron chi connectivity index (χ1n) is 7.34. The van der Waals surface area contributed by atoms with Crippen LogP contribution in [0.25, 0.3) is 0 Å². The monoisotopic (exact) mass is 304 g/mol. The number of methoxy groups -OCH3 is 1. The lowest BCUT2D eigenvalue weighted by molar-refractivity contribution is -0.146. The highest BCUT2D eigenvalue weighted by Crippen LogP contribution is 2.30. The zero-order valence-corrected chi connectivity index (χ0v) is 12.7. The second kappa shape index (κ2) is 6.87. The maximum absolute atomic E-state index is 12.5. The van der Waals surface area contributed by atoms with Gasteiger partial charge in [-0.25, -0.2) is 13.1 Å². The third-order valence-corrected chi connectivity index (χ3v) is 6.30. The van der Waals surface area contributed by atoms with Crippen molar-refractivity contribution in [2.75, 3.05) is 20.2 Å². The van der Waals surface area contributed by atoms with E-state index in [1.165, 1.54) is 7.11 Å². The van der Waals surface area contributed by atoms with Gasteiger partial charge in [-0.1, -0.05) is 12.8 Å². The fourth-order valence-electron chi connectivity index (χ4n) is 3.15. The van der Waals surface area contributed by atoms with Gasteiger partial charge in [-0.2, -0.15) is 0 Å². The molecule has 1 aliphatic carbocycles. The van der Waals surface area contributed by atoms with E-state index in [4.69, 9.17) is 4.74 Å². The van der Waals surface area contributed by atoms with E-state index < -0.39 is 27.2 Å². The molecule has 0 aromatic rings. The second-order valence-electron chi connectivity index (χ2n) is 5.64. The number of hydrogen-bond acceptors (Lipinski definition) is 5. The molecule has 116 valence electrons. The van der Waals surface area contributed by atoms with Crippen LogP contribution in [-0.2, 0) is 19.6 Å². The molecule has 0 spiro atoms. The van der Waals surface area contributed by atoms with Gasteiger partial charge in [0.25, 0.3) is 0 Å². The molecular weight excluding hydrogens is 280 g/mol. The van der Waals surface area contributed by atoms with Crippen LogP contribution in [0.2, 0.25) is 0 Å². The Morgan fingerprint density at radius 2 is 1.80 bits per heavy atom. The molecule has 2 N–H and O–H groups in total. The molecule has 2 unspecified atom stereocenters. The first-order chi connectivity index (χ1) is 9.54. The molecule has 1 heterocycles. The molecule has 2 rings (SSSR count). The van der Waals surface area contributed by atoms with Crippen LogP contribution >= 0.6 is 0 Å². The van der Waals surface area contributed by atoms with Gasteiger partial charge in [0.1, 0.15) is 0 Å². The number of piperidine rings is 1. The molecule has 1 saturated carbocycles. The fraction of sp³-hybridized carbons (Fsp3) is 0.923. The van der Waals surface area contributed by atoms with E-state index in [-0.39, 0.29) is 6.04 Å². The Balaban J connectivity index is 2.06. The summed E-state index contributed by atoms with van der Waals surface area (Å²) in [5.74, 6) is -0.918. The van der Waals surface area contributed by atoms with E-state index in [2.05, 4.69) is 10.0 Å². The van der Waals surface area contributed by atoms with Crippen LogP contribution in [0.15, 0.2) is 0 Å². The van der Waals surface area contributed by atoms with Crippen LogP contribution < -0.4 is 10.0 Å². The van der Waals surface area contributed by atoms with E-state index >= 15 is 0 Å². The number of sulfonamides is 1. The highest BCUT2D eigenvalue weighted by Gasteiger charge is 2.41. The predicted molar refractivity (Wildman–Crippen MR) is 75.7 cm³/mol. The molecule has 0 aromatic heterocycles. The summed E-state index contributed by atoms with van der Waals surface area (Å²) in [6.45, 7) is 1.66. The van der Waals surface area contributed by atoms with Gasteiger partial charge in [0.15, 0.2) is 0 Å². The van der Waals surface area contributed by atoms with Crippen molar-refractivity contribution in [2.45, 2.75) is 49.8 Å². The minimum atomic E-state index is -3.47. The van der Waals surface area contributed by atoms with Gasteiger partial charge in [-0.3, -0.25) is 4.79 Å². The number of esters is 1. The van der Waals surface area contributed by atoms with Gasteiger partial charge in [-0.15, -0.1) is 0 Å². The Labute approximate surface area is 120 Å². The van der Waals surface area contributed by atoms with E-state index in [0.717, 1.165) is 38.8 Å². The minimum Gasteiger partial charge on any atom is -0.469 e. The molecule has 2 aliphatic rings. The smallest absolute Gasteiger partial charge is 0.310 e. The summed E-state index contributed by atoms with van der Waals surface area (Å²) in [5.41, 5.74) is 0. The molecule has 2 fully saturated rings. The molecule has 0 aromatic carbocycles. The Bertz CT molecular complexity index is 432. The van der Waals surface area contributed by atoms with Crippen LogP contribution in [0.1, 0.15) is 38.5 Å². The summed E-state index contributed by atoms with van der Waals surface area (Å²) in [7, 11) is -2.15. The summed E-state index contributed by atoms with van der Waals surface area (Å²) < 4.78 is 32.7. The lowest BCUT2D eigenvalue weighted by Gasteiger charge is -2.32. The van der Waals surface area contributed by atoms with Crippen LogP contribution in [0, 0.1) is 5.92 Å². The average Bonchev–Trinajstić information content (AvgIpc) is 2.47. The lowest BCUT2D eigenvalue weighted by Crippen LogP contribution is -2.49. The van der Waals surface area contributed by atoms with Gasteiger partial charge in [0, 0.05) is 6.04 Å². The van der Waals surface area contributed by atoms with Crippen LogP contribution in [-0.4, -0.2) is 45.9 Å². The topological polar surface area (TPSA) is 84.5 Å². The van der Waals surface area contributed by atoms with Crippen molar-refractivity contribution >= 4 is 16.0 Å². The first kappa shape index (κ1) is 15.7. The van der Waals surface area contributed by atoms with Crippen molar-refractivity contribution in [3.8, 4) is 0 Å². The number of carbonyl (C=O) groups excluding carboxylic acids is 1. The predicted octanol–water partition coefficient (Wildman–Crippen LogP) is 0.390. The molecule has 20 heavy (non-hydrogen) atoms. The summed E-state index contributed by atoms with van der Waals surface area (Å²) >= 11 is 0. The Hall–Kier alpha value is -0.660. The fourth-order valence-corrected chi connectivity index (χ4v) is 5.18. The summed E-state index contributed by atoms with van der Waals surface area (Å²) in [4.78, 5) is 11.8. The van der Waals surface area contributed by atoms with Crippen molar-refractivity contribution < 1.29 is 17.9 Å². The first-order valence-corrected chi connectivity index (χ1v) is 8.89. The van der Waals surface area contributed by atoms with E-state index in [1.54, 1.807) is 0 Å². The minimum absolute atomic E-state index is 0.0125. The standard InChI is InChI=1S/C13H24N2O4S/c1-19-13(16)11-4-2-3-5-12(11)20(17,18)15-10-6-8-14-9-7-10/h10-12,14-15H,2-9H2,1H3. The van der Waals surface area contributed by atoms with Crippen molar-refractivity contribution in [2.24, 2.45) is 5.92 Å². The molecule has 2 atom stereocenters. The molecular formula is C13H24N2O4S. The van der Waals surface area contributed by atoms with Crippen LogP contribution in [0.3, 0.4) is 0 Å². The van der Waals surface area contributed by atoms with E-state index in [9.17, 15) is 13.2 Å². The molecule has 0 bridgehead atoms. The van der Waals surface area contributed by atoms with Gasteiger partial charge in [0.05, 0.1) is 18.3 Å². The highest BCUT2D eigenvalue weighted by molar-refractivity contribution is 7.90. The number of ether oxygens (including phenoxy) is 1. The van der Waals surface area contributed by atoms with Gasteiger partial charge < -0.3 is 10.1 Å². The van der Waals surface area contributed by atoms with Crippen molar-refractivity contribution in [1.29, 1.82) is 0 Å². The largest absolute Gasteiger partial charge is 0.469 e. The van der Waals surface area contributed by atoms with Gasteiger partial charge >= 0.3 is 5.97 Å². The van der Waals surface area contributed by atoms with E-state index in [0.29, 0.717) is 12.8 Å². The number of rotatable bonds is 4. The lowest BCUT2D eigenvalue weighted by atomic mass is 9.89. The summed E-state index contributed by atoms with van der Waals surface area (Å²) in [6, 6.07) is -0.0125.